The van der Waals surface area contributed by atoms with Gasteiger partial charge in [0, 0.05) is 0 Å². The molecule has 1 N–H and O–H groups in total. The largest absolute Gasteiger partial charge is 0.508 e. The van der Waals surface area contributed by atoms with Crippen molar-refractivity contribution in [2.45, 2.75) is 0 Å². The number of ether oxygens (including phenoxy) is 1. The van der Waals surface area contributed by atoms with Gasteiger partial charge in [-0.1, -0.05) is 0 Å². The van der Waals surface area contributed by atoms with Crippen LogP contribution in [0.15, 0.2) is 18.2 Å². The first-order valence-electron chi connectivity index (χ1n) is 3.73. The second-order valence-corrected chi connectivity index (χ2v) is 2.73. The average Bonchev–Trinajstić information content (AvgIpc) is 2.16. The Morgan fingerprint density at radius 2 is 1.79 bits per heavy atom. The fourth-order valence-corrected chi connectivity index (χ4v) is 1.15. The van der Waals surface area contributed by atoms with Crippen LogP contribution in [-0.4, -0.2) is 22.6 Å². The molecular weight excluding hydrogens is 188 g/mol. The molecule has 0 atom stereocenters. The van der Waals surface area contributed by atoms with Gasteiger partial charge in [0.05, 0.1) is 5.56 Å². The van der Waals surface area contributed by atoms with Crippen molar-refractivity contribution in [2.75, 3.05) is 0 Å². The number of Topliss-reactive ketones (excluding diaryl/α,β-unsaturated/α-hetero) is 2. The fourth-order valence-electron chi connectivity index (χ4n) is 1.15. The standard InChI is InChI=1S/C9H4O5/c10-4-1-2-6-5(3-4)7(11)8(12)9(13)14-6/h1-3,10H. The zero-order valence-electron chi connectivity index (χ0n) is 6.81. The zero-order chi connectivity index (χ0) is 10.3. The highest BCUT2D eigenvalue weighted by Crippen LogP contribution is 2.27. The summed E-state index contributed by atoms with van der Waals surface area (Å²) < 4.78 is 4.55. The minimum atomic E-state index is -1.22. The number of hydrogen-bond donors (Lipinski definition) is 1. The van der Waals surface area contributed by atoms with Crippen molar-refractivity contribution in [2.24, 2.45) is 0 Å². The van der Waals surface area contributed by atoms with Gasteiger partial charge in [0.1, 0.15) is 11.5 Å². The van der Waals surface area contributed by atoms with E-state index in [2.05, 4.69) is 4.74 Å². The topological polar surface area (TPSA) is 80.7 Å². The summed E-state index contributed by atoms with van der Waals surface area (Å²) in [5, 5.41) is 9.05. The SMILES string of the molecule is O=C1Oc2ccc(O)cc2C(=O)C1=O. The number of phenolic OH excluding ortho intramolecular Hbond substituents is 1. The van der Waals surface area contributed by atoms with Gasteiger partial charge in [0.15, 0.2) is 0 Å². The molecule has 1 aliphatic rings. The summed E-state index contributed by atoms with van der Waals surface area (Å²) in [7, 11) is 0. The fraction of sp³-hybridized carbons (Fsp3) is 0. The molecule has 0 aliphatic carbocycles. The molecule has 0 saturated carbocycles. The quantitative estimate of drug-likeness (QED) is 0.357. The van der Waals surface area contributed by atoms with Crippen LogP contribution in [0.2, 0.25) is 0 Å². The van der Waals surface area contributed by atoms with Crippen LogP contribution in [0.5, 0.6) is 11.5 Å². The molecule has 0 bridgehead atoms. The second-order valence-electron chi connectivity index (χ2n) is 2.73. The van der Waals surface area contributed by atoms with E-state index in [0.29, 0.717) is 0 Å². The molecule has 0 fully saturated rings. The van der Waals surface area contributed by atoms with Gasteiger partial charge in [-0.3, -0.25) is 9.59 Å². The summed E-state index contributed by atoms with van der Waals surface area (Å²) >= 11 is 0. The van der Waals surface area contributed by atoms with Gasteiger partial charge in [-0.15, -0.1) is 0 Å². The highest BCUT2D eigenvalue weighted by atomic mass is 16.5. The third-order valence-corrected chi connectivity index (χ3v) is 1.80. The Balaban J connectivity index is 2.62. The lowest BCUT2D eigenvalue weighted by Crippen LogP contribution is -2.33. The van der Waals surface area contributed by atoms with E-state index in [1.807, 2.05) is 0 Å². The Morgan fingerprint density at radius 1 is 1.07 bits per heavy atom. The molecule has 0 radical (unpaired) electrons. The van der Waals surface area contributed by atoms with E-state index in [4.69, 9.17) is 5.11 Å². The van der Waals surface area contributed by atoms with Crippen molar-refractivity contribution in [3.8, 4) is 11.5 Å². The number of benzene rings is 1. The number of carbonyl (C=O) groups is 3. The van der Waals surface area contributed by atoms with Crippen molar-refractivity contribution in [3.05, 3.63) is 23.8 Å². The predicted octanol–water partition coefficient (Wildman–Crippen LogP) is 0.0630. The predicted molar refractivity (Wildman–Crippen MR) is 43.1 cm³/mol. The van der Waals surface area contributed by atoms with Crippen LogP contribution >= 0.6 is 0 Å². The maximum Gasteiger partial charge on any atom is 0.388 e. The van der Waals surface area contributed by atoms with Crippen molar-refractivity contribution in [1.82, 2.24) is 0 Å². The molecule has 0 aromatic heterocycles. The van der Waals surface area contributed by atoms with Crippen molar-refractivity contribution < 1.29 is 24.2 Å². The van der Waals surface area contributed by atoms with Crippen molar-refractivity contribution >= 4 is 17.5 Å². The van der Waals surface area contributed by atoms with Gasteiger partial charge < -0.3 is 9.84 Å². The highest BCUT2D eigenvalue weighted by Gasteiger charge is 2.34. The normalized spacial score (nSPS) is 15.0. The Bertz CT molecular complexity index is 460. The number of esters is 1. The molecule has 70 valence electrons. The number of fused-ring (bicyclic) bond motifs is 1. The minimum absolute atomic E-state index is 0.00241. The monoisotopic (exact) mass is 192 g/mol. The molecule has 5 heteroatoms. The molecular formula is C9H4O5. The van der Waals surface area contributed by atoms with E-state index in [0.717, 1.165) is 6.07 Å². The number of hydrogen-bond acceptors (Lipinski definition) is 5. The molecule has 1 heterocycles. The van der Waals surface area contributed by atoms with E-state index in [1.54, 1.807) is 0 Å². The van der Waals surface area contributed by atoms with Crippen LogP contribution in [0.3, 0.4) is 0 Å². The molecule has 0 amide bonds. The Morgan fingerprint density at radius 3 is 2.50 bits per heavy atom. The summed E-state index contributed by atoms with van der Waals surface area (Å²) in [6.45, 7) is 0. The zero-order valence-corrected chi connectivity index (χ0v) is 6.81. The summed E-state index contributed by atoms with van der Waals surface area (Å²) in [6, 6.07) is 3.60. The first-order chi connectivity index (χ1) is 6.59. The van der Waals surface area contributed by atoms with Gasteiger partial charge in [0.25, 0.3) is 0 Å². The van der Waals surface area contributed by atoms with Crippen LogP contribution in [0.25, 0.3) is 0 Å². The minimum Gasteiger partial charge on any atom is -0.508 e. The molecule has 0 spiro atoms. The maximum atomic E-state index is 11.2. The van der Waals surface area contributed by atoms with Crippen LogP contribution in [-0.2, 0) is 9.59 Å². The molecule has 1 aromatic carbocycles. The molecule has 14 heavy (non-hydrogen) atoms. The maximum absolute atomic E-state index is 11.2. The van der Waals surface area contributed by atoms with Crippen LogP contribution in [0, 0.1) is 0 Å². The van der Waals surface area contributed by atoms with E-state index >= 15 is 0 Å². The van der Waals surface area contributed by atoms with Crippen LogP contribution < -0.4 is 4.74 Å². The summed E-state index contributed by atoms with van der Waals surface area (Å²) in [5.41, 5.74) is -0.0883. The lowest BCUT2D eigenvalue weighted by molar-refractivity contribution is -0.145. The molecule has 1 aliphatic heterocycles. The van der Waals surface area contributed by atoms with E-state index < -0.39 is 17.5 Å². The van der Waals surface area contributed by atoms with Gasteiger partial charge in [-0.25, -0.2) is 4.79 Å². The number of carbonyl (C=O) groups excluding carboxylic acids is 3. The molecule has 1 aromatic rings. The Hall–Kier alpha value is -2.17. The number of aromatic hydroxyl groups is 1. The lowest BCUT2D eigenvalue weighted by atomic mass is 10.0. The van der Waals surface area contributed by atoms with Crippen LogP contribution in [0.1, 0.15) is 10.4 Å². The smallest absolute Gasteiger partial charge is 0.388 e. The molecule has 2 rings (SSSR count). The Labute approximate surface area is 77.9 Å². The summed E-state index contributed by atoms with van der Waals surface area (Å²) in [4.78, 5) is 32.9. The van der Waals surface area contributed by atoms with Gasteiger partial charge >= 0.3 is 11.8 Å². The van der Waals surface area contributed by atoms with Gasteiger partial charge in [-0.05, 0) is 18.2 Å². The first-order valence-corrected chi connectivity index (χ1v) is 3.73. The second kappa shape index (κ2) is 2.66. The average molecular weight is 192 g/mol. The summed E-state index contributed by atoms with van der Waals surface area (Å²) in [6.07, 6.45) is 0. The number of rotatable bonds is 0. The van der Waals surface area contributed by atoms with E-state index in [9.17, 15) is 14.4 Å². The van der Waals surface area contributed by atoms with Crippen LogP contribution in [0.4, 0.5) is 0 Å². The number of phenols is 1. The summed E-state index contributed by atoms with van der Waals surface area (Å²) in [5.74, 6) is -3.52. The molecule has 0 saturated heterocycles. The number of ketones is 2. The van der Waals surface area contributed by atoms with E-state index in [-0.39, 0.29) is 17.1 Å². The first kappa shape index (κ1) is 8.43. The molecule has 0 unspecified atom stereocenters. The third-order valence-electron chi connectivity index (χ3n) is 1.80. The lowest BCUT2D eigenvalue weighted by Gasteiger charge is -2.12. The highest BCUT2D eigenvalue weighted by molar-refractivity contribution is 6.67. The Kier molecular flexibility index (Phi) is 1.60. The van der Waals surface area contributed by atoms with E-state index in [1.165, 1.54) is 12.1 Å². The van der Waals surface area contributed by atoms with Gasteiger partial charge in [-0.2, -0.15) is 0 Å². The molecule has 5 nitrogen and oxygen atoms in total. The third kappa shape index (κ3) is 1.06. The van der Waals surface area contributed by atoms with Gasteiger partial charge in [0.2, 0.25) is 5.78 Å². The van der Waals surface area contributed by atoms with Crippen molar-refractivity contribution in [1.29, 1.82) is 0 Å². The van der Waals surface area contributed by atoms with Crippen molar-refractivity contribution in [3.63, 3.8) is 0 Å².